The van der Waals surface area contributed by atoms with Crippen LogP contribution in [0.15, 0.2) is 36.5 Å². The zero-order valence-electron chi connectivity index (χ0n) is 24.4. The Labute approximate surface area is 290 Å². The Morgan fingerprint density at radius 2 is 1.86 bits per heavy atom. The van der Waals surface area contributed by atoms with Crippen molar-refractivity contribution < 1.29 is 87.7 Å². The van der Waals surface area contributed by atoms with Crippen LogP contribution in [-0.4, -0.2) is 85.6 Å². The number of alkyl halides is 3. The molecule has 4 amide bonds. The summed E-state index contributed by atoms with van der Waals surface area (Å²) in [4.78, 5) is 42.6. The van der Waals surface area contributed by atoms with Crippen LogP contribution in [0, 0.1) is 11.6 Å². The fourth-order valence-corrected chi connectivity index (χ4v) is 5.20. The SMILES string of the molecule is CNC(=O)N1CCC(N(C)c2cccnc2[N-]C=O)CC1.O=C1CCCC(c2cccc(F)c2F)CN1CC(F)(F)F.[K+]. The number of nitrogens with one attached hydrogen (secondary N) is 1. The molecule has 1 aromatic carbocycles. The van der Waals surface area contributed by atoms with E-state index in [0.717, 1.165) is 37.7 Å². The number of piperidine rings is 1. The Morgan fingerprint density at radius 3 is 2.49 bits per heavy atom. The predicted molar refractivity (Wildman–Crippen MR) is 146 cm³/mol. The molecule has 43 heavy (non-hydrogen) atoms. The van der Waals surface area contributed by atoms with Crippen LogP contribution in [-0.2, 0) is 9.59 Å². The topological polar surface area (TPSA) is 100.0 Å². The molecule has 0 bridgehead atoms. The molecule has 0 saturated carbocycles. The smallest absolute Gasteiger partial charge is 0.441 e. The molecule has 230 valence electrons. The minimum atomic E-state index is -4.51. The molecule has 2 aromatic rings. The third-order valence-electron chi connectivity index (χ3n) is 7.36. The maximum absolute atomic E-state index is 13.8. The van der Waals surface area contributed by atoms with Gasteiger partial charge >= 0.3 is 63.6 Å². The minimum Gasteiger partial charge on any atom is -0.441 e. The van der Waals surface area contributed by atoms with Gasteiger partial charge in [-0.2, -0.15) is 13.2 Å². The van der Waals surface area contributed by atoms with E-state index in [-0.39, 0.29) is 75.9 Å². The summed E-state index contributed by atoms with van der Waals surface area (Å²) in [6, 6.07) is 7.62. The Kier molecular flexibility index (Phi) is 14.8. The summed E-state index contributed by atoms with van der Waals surface area (Å²) in [6.07, 6.45) is 0.0588. The normalized spacial score (nSPS) is 17.6. The second-order valence-electron chi connectivity index (χ2n) is 10.1. The van der Waals surface area contributed by atoms with Crippen LogP contribution in [0.3, 0.4) is 0 Å². The summed E-state index contributed by atoms with van der Waals surface area (Å²) < 4.78 is 64.5. The van der Waals surface area contributed by atoms with Gasteiger partial charge < -0.3 is 35.1 Å². The molecule has 15 heteroatoms. The molecule has 1 aromatic heterocycles. The van der Waals surface area contributed by atoms with Crippen molar-refractivity contribution in [3.05, 3.63) is 59.0 Å². The second kappa shape index (κ2) is 17.2. The van der Waals surface area contributed by atoms with E-state index in [0.29, 0.717) is 36.0 Å². The van der Waals surface area contributed by atoms with Gasteiger partial charge in [0.15, 0.2) is 11.6 Å². The van der Waals surface area contributed by atoms with Gasteiger partial charge in [-0.05, 0) is 49.2 Å². The van der Waals surface area contributed by atoms with Crippen LogP contribution >= 0.6 is 0 Å². The number of amides is 4. The molecule has 0 radical (unpaired) electrons. The zero-order chi connectivity index (χ0) is 30.9. The van der Waals surface area contributed by atoms with Crippen molar-refractivity contribution in [3.8, 4) is 0 Å². The molecule has 2 aliphatic rings. The summed E-state index contributed by atoms with van der Waals surface area (Å²) in [5.41, 5.74) is 0.861. The van der Waals surface area contributed by atoms with Crippen molar-refractivity contribution >= 4 is 29.9 Å². The van der Waals surface area contributed by atoms with Crippen molar-refractivity contribution in [2.45, 2.75) is 50.2 Å². The van der Waals surface area contributed by atoms with Crippen LogP contribution in [0.1, 0.15) is 43.6 Å². The van der Waals surface area contributed by atoms with Crippen LogP contribution in [0.25, 0.3) is 5.32 Å². The summed E-state index contributed by atoms with van der Waals surface area (Å²) >= 11 is 0. The third kappa shape index (κ3) is 10.7. The zero-order valence-corrected chi connectivity index (χ0v) is 27.5. The van der Waals surface area contributed by atoms with E-state index >= 15 is 0 Å². The first-order valence-corrected chi connectivity index (χ1v) is 13.5. The molecule has 2 saturated heterocycles. The van der Waals surface area contributed by atoms with Gasteiger partial charge in [0, 0.05) is 57.8 Å². The van der Waals surface area contributed by atoms with E-state index in [4.69, 9.17) is 0 Å². The second-order valence-corrected chi connectivity index (χ2v) is 10.1. The van der Waals surface area contributed by atoms with E-state index in [1.54, 1.807) is 13.2 Å². The number of hydrogen-bond acceptors (Lipinski definition) is 5. The van der Waals surface area contributed by atoms with Crippen LogP contribution < -0.4 is 61.6 Å². The number of aromatic nitrogens is 1. The Morgan fingerprint density at radius 1 is 1.16 bits per heavy atom. The van der Waals surface area contributed by atoms with Gasteiger partial charge in [-0.25, -0.2) is 13.6 Å². The molecule has 2 fully saturated rings. The average molecular weight is 637 g/mol. The number of carbonyl (C=O) groups is 3. The molecule has 2 aliphatic heterocycles. The molecule has 3 heterocycles. The van der Waals surface area contributed by atoms with Gasteiger partial charge in [-0.3, -0.25) is 4.79 Å². The molecule has 4 rings (SSSR count). The van der Waals surface area contributed by atoms with Crippen molar-refractivity contribution in [3.63, 3.8) is 0 Å². The van der Waals surface area contributed by atoms with Crippen molar-refractivity contribution in [2.75, 3.05) is 45.2 Å². The Hall–Kier alpha value is -2.33. The number of pyridine rings is 1. The van der Waals surface area contributed by atoms with Crippen molar-refractivity contribution in [2.24, 2.45) is 0 Å². The average Bonchev–Trinajstić information content (AvgIpc) is 3.14. The standard InChI is InChI=1S/C14H14F5NO.C14H21N5O2.K/c15-11-5-2-4-10(13(11)16)9-3-1-6-12(21)20(7-9)8-14(17,18)19;1-15-14(21)19-8-5-11(6-9-19)18(2)12-4-3-7-16-13(12)17-10-20;/h2,4-5,9H,1,3,6-8H2;3-4,7,10-11H,5-6,8-9H2,1-2H3,(H2,15,16,17,20,21);/q;;+1/p-1. The first-order chi connectivity index (χ1) is 19.9. The first kappa shape index (κ1) is 36.9. The summed E-state index contributed by atoms with van der Waals surface area (Å²) in [7, 11) is 3.62. The molecule has 1 unspecified atom stereocenters. The molecule has 9 nitrogen and oxygen atoms in total. The molecule has 0 aliphatic carbocycles. The molecular formula is C28H34F5KN6O3. The van der Waals surface area contributed by atoms with Gasteiger partial charge in [0.2, 0.25) is 5.91 Å². The summed E-state index contributed by atoms with van der Waals surface area (Å²) in [5, 5.41) is 6.42. The number of urea groups is 1. The molecule has 1 N–H and O–H groups in total. The number of benzene rings is 1. The van der Waals surface area contributed by atoms with Gasteiger partial charge in [0.05, 0.1) is 0 Å². The van der Waals surface area contributed by atoms with E-state index in [2.05, 4.69) is 20.5 Å². The minimum absolute atomic E-state index is 0. The van der Waals surface area contributed by atoms with Gasteiger partial charge in [0.25, 0.3) is 0 Å². The van der Waals surface area contributed by atoms with E-state index in [1.807, 2.05) is 24.1 Å². The Bertz CT molecular complexity index is 1230. The maximum atomic E-state index is 13.8. The predicted octanol–water partition coefficient (Wildman–Crippen LogP) is 2.11. The largest absolute Gasteiger partial charge is 1.00 e. The van der Waals surface area contributed by atoms with Crippen molar-refractivity contribution in [1.82, 2.24) is 20.1 Å². The molecular weight excluding hydrogens is 602 g/mol. The quantitative estimate of drug-likeness (QED) is 0.298. The van der Waals surface area contributed by atoms with Crippen molar-refractivity contribution in [1.29, 1.82) is 0 Å². The maximum Gasteiger partial charge on any atom is 1.00 e. The van der Waals surface area contributed by atoms with Gasteiger partial charge in [0.1, 0.15) is 13.0 Å². The van der Waals surface area contributed by atoms with E-state index in [1.165, 1.54) is 12.1 Å². The number of rotatable bonds is 6. The number of halogens is 5. The van der Waals surface area contributed by atoms with Crippen LogP contribution in [0.2, 0.25) is 0 Å². The molecule has 0 spiro atoms. The van der Waals surface area contributed by atoms with Gasteiger partial charge in [-0.15, -0.1) is 0 Å². The van der Waals surface area contributed by atoms with E-state index < -0.39 is 36.2 Å². The fraction of sp³-hybridized carbons (Fsp3) is 0.500. The Balaban J connectivity index is 0.000000293. The van der Waals surface area contributed by atoms with E-state index in [9.17, 15) is 36.3 Å². The third-order valence-corrected chi connectivity index (χ3v) is 7.36. The van der Waals surface area contributed by atoms with Gasteiger partial charge in [-0.1, -0.05) is 24.4 Å². The van der Waals surface area contributed by atoms with Crippen LogP contribution in [0.5, 0.6) is 0 Å². The first-order valence-electron chi connectivity index (χ1n) is 13.5. The summed E-state index contributed by atoms with van der Waals surface area (Å²) in [5.74, 6) is -2.89. The fourth-order valence-electron chi connectivity index (χ4n) is 5.20. The number of hydrogen-bond donors (Lipinski definition) is 1. The monoisotopic (exact) mass is 636 g/mol. The number of carbonyl (C=O) groups excluding carboxylic acids is 3. The summed E-state index contributed by atoms with van der Waals surface area (Å²) in [6.45, 7) is -0.178. The van der Waals surface area contributed by atoms with Crippen LogP contribution in [0.4, 0.5) is 38.3 Å². The number of likely N-dealkylation sites (tertiary alicyclic amines) is 2. The number of anilines is 1. The molecule has 1 atom stereocenters. The number of nitrogens with zero attached hydrogens (tertiary/aromatic N) is 5.